The van der Waals surface area contributed by atoms with E-state index in [2.05, 4.69) is 10.2 Å². The molecule has 4 rings (SSSR count). The van der Waals surface area contributed by atoms with E-state index in [4.69, 9.17) is 4.74 Å². The van der Waals surface area contributed by atoms with Gasteiger partial charge in [-0.2, -0.15) is 0 Å². The Bertz CT molecular complexity index is 865. The minimum Gasteiger partial charge on any atom is -0.378 e. The van der Waals surface area contributed by atoms with Crippen LogP contribution in [0.15, 0.2) is 42.5 Å². The summed E-state index contributed by atoms with van der Waals surface area (Å²) in [6.45, 7) is 6.15. The quantitative estimate of drug-likeness (QED) is 0.865. The third-order valence-electron chi connectivity index (χ3n) is 6.18. The van der Waals surface area contributed by atoms with Crippen LogP contribution in [0.4, 0.5) is 5.69 Å². The molecule has 154 valence electrons. The molecule has 0 spiro atoms. The third-order valence-corrected chi connectivity index (χ3v) is 6.18. The summed E-state index contributed by atoms with van der Waals surface area (Å²) in [4.78, 5) is 29.7. The van der Waals surface area contributed by atoms with E-state index in [1.807, 2.05) is 54.3 Å². The van der Waals surface area contributed by atoms with Crippen molar-refractivity contribution in [3.05, 3.63) is 42.5 Å². The number of amides is 2. The van der Waals surface area contributed by atoms with Crippen molar-refractivity contribution in [3.8, 4) is 0 Å². The Morgan fingerprint density at radius 3 is 2.45 bits per heavy atom. The Morgan fingerprint density at radius 2 is 1.69 bits per heavy atom. The number of nitrogens with one attached hydrogen (secondary N) is 1. The van der Waals surface area contributed by atoms with Crippen molar-refractivity contribution in [1.82, 2.24) is 9.80 Å². The zero-order valence-electron chi connectivity index (χ0n) is 17.0. The van der Waals surface area contributed by atoms with E-state index in [0.29, 0.717) is 26.3 Å². The average molecular weight is 396 g/mol. The van der Waals surface area contributed by atoms with E-state index in [1.165, 1.54) is 0 Å². The van der Waals surface area contributed by atoms with E-state index in [1.54, 1.807) is 0 Å². The van der Waals surface area contributed by atoms with E-state index in [0.717, 1.165) is 42.4 Å². The van der Waals surface area contributed by atoms with Crippen LogP contribution >= 0.6 is 0 Å². The molecular formula is C23H29N3O3. The molecule has 6 nitrogen and oxygen atoms in total. The first kappa shape index (κ1) is 19.9. The normalized spacial score (nSPS) is 19.8. The van der Waals surface area contributed by atoms with Gasteiger partial charge >= 0.3 is 0 Å². The lowest BCUT2D eigenvalue weighted by Crippen LogP contribution is -2.50. The standard InChI is InChI=1S/C23H29N3O3/c1-17(22(27)24-21-8-4-6-18-5-2-3-7-20(18)21)25-11-9-19(10-12-25)23(28)26-13-15-29-16-14-26/h2-8,17,19H,9-16H2,1H3,(H,24,27). The predicted molar refractivity (Wildman–Crippen MR) is 114 cm³/mol. The van der Waals surface area contributed by atoms with Gasteiger partial charge < -0.3 is 15.0 Å². The van der Waals surface area contributed by atoms with Gasteiger partial charge in [-0.15, -0.1) is 0 Å². The minimum atomic E-state index is -0.228. The number of fused-ring (bicyclic) bond motifs is 1. The van der Waals surface area contributed by atoms with Crippen molar-refractivity contribution >= 4 is 28.3 Å². The molecule has 2 aliphatic rings. The summed E-state index contributed by atoms with van der Waals surface area (Å²) in [5.41, 5.74) is 0.845. The first-order valence-electron chi connectivity index (χ1n) is 10.5. The fourth-order valence-corrected chi connectivity index (χ4v) is 4.31. The van der Waals surface area contributed by atoms with Gasteiger partial charge in [-0.1, -0.05) is 36.4 Å². The van der Waals surface area contributed by atoms with Crippen molar-refractivity contribution in [3.63, 3.8) is 0 Å². The van der Waals surface area contributed by atoms with E-state index >= 15 is 0 Å². The first-order valence-corrected chi connectivity index (χ1v) is 10.5. The second kappa shape index (κ2) is 8.93. The van der Waals surface area contributed by atoms with Crippen LogP contribution in [0.25, 0.3) is 10.8 Å². The molecule has 0 radical (unpaired) electrons. The number of ether oxygens (including phenoxy) is 1. The topological polar surface area (TPSA) is 61.9 Å². The molecular weight excluding hydrogens is 366 g/mol. The SMILES string of the molecule is CC(C(=O)Nc1cccc2ccccc12)N1CCC(C(=O)N2CCOCC2)CC1. The van der Waals surface area contributed by atoms with Crippen LogP contribution in [0.1, 0.15) is 19.8 Å². The number of rotatable bonds is 4. The molecule has 2 fully saturated rings. The van der Waals surface area contributed by atoms with Gasteiger partial charge in [0.25, 0.3) is 0 Å². The fraction of sp³-hybridized carbons (Fsp3) is 0.478. The molecule has 1 atom stereocenters. The smallest absolute Gasteiger partial charge is 0.241 e. The fourth-order valence-electron chi connectivity index (χ4n) is 4.31. The lowest BCUT2D eigenvalue weighted by molar-refractivity contribution is -0.141. The molecule has 2 aromatic carbocycles. The number of piperidine rings is 1. The van der Waals surface area contributed by atoms with Crippen molar-refractivity contribution in [2.24, 2.45) is 5.92 Å². The van der Waals surface area contributed by atoms with Crippen LogP contribution in [0.3, 0.4) is 0 Å². The Hall–Kier alpha value is -2.44. The molecule has 6 heteroatoms. The second-order valence-corrected chi connectivity index (χ2v) is 7.94. The summed E-state index contributed by atoms with van der Waals surface area (Å²) in [7, 11) is 0. The molecule has 2 heterocycles. The van der Waals surface area contributed by atoms with Gasteiger partial charge in [-0.25, -0.2) is 0 Å². The summed E-state index contributed by atoms with van der Waals surface area (Å²) in [6.07, 6.45) is 1.62. The zero-order valence-corrected chi connectivity index (χ0v) is 17.0. The Labute approximate surface area is 171 Å². The highest BCUT2D eigenvalue weighted by molar-refractivity contribution is 6.03. The zero-order chi connectivity index (χ0) is 20.2. The number of carbonyl (C=O) groups excluding carboxylic acids is 2. The molecule has 1 unspecified atom stereocenters. The summed E-state index contributed by atoms with van der Waals surface area (Å²) in [5.74, 6) is 0.317. The van der Waals surface area contributed by atoms with Gasteiger partial charge in [-0.05, 0) is 44.3 Å². The highest BCUT2D eigenvalue weighted by atomic mass is 16.5. The number of morpholine rings is 1. The van der Waals surface area contributed by atoms with Gasteiger partial charge in [-0.3, -0.25) is 14.5 Å². The van der Waals surface area contributed by atoms with Crippen molar-refractivity contribution in [2.75, 3.05) is 44.7 Å². The molecule has 2 aromatic rings. The van der Waals surface area contributed by atoms with Gasteiger partial charge in [0.15, 0.2) is 0 Å². The first-order chi connectivity index (χ1) is 14.1. The Kier molecular flexibility index (Phi) is 6.11. The molecule has 0 aliphatic carbocycles. The monoisotopic (exact) mass is 395 g/mol. The summed E-state index contributed by atoms with van der Waals surface area (Å²) in [5, 5.41) is 5.26. The summed E-state index contributed by atoms with van der Waals surface area (Å²) in [6, 6.07) is 13.8. The molecule has 0 saturated carbocycles. The molecule has 0 aromatic heterocycles. The number of likely N-dealkylation sites (tertiary alicyclic amines) is 1. The van der Waals surface area contributed by atoms with Gasteiger partial charge in [0.2, 0.25) is 11.8 Å². The van der Waals surface area contributed by atoms with Crippen molar-refractivity contribution in [2.45, 2.75) is 25.8 Å². The van der Waals surface area contributed by atoms with E-state index < -0.39 is 0 Å². The molecule has 2 aliphatic heterocycles. The third kappa shape index (κ3) is 4.43. The maximum Gasteiger partial charge on any atom is 0.241 e. The van der Waals surface area contributed by atoms with Crippen LogP contribution in [-0.4, -0.2) is 67.0 Å². The maximum absolute atomic E-state index is 12.9. The predicted octanol–water partition coefficient (Wildman–Crippen LogP) is 2.74. The number of benzene rings is 2. The van der Waals surface area contributed by atoms with Crippen LogP contribution < -0.4 is 5.32 Å². The lowest BCUT2D eigenvalue weighted by Gasteiger charge is -2.37. The molecule has 29 heavy (non-hydrogen) atoms. The molecule has 1 N–H and O–H groups in total. The molecule has 2 amide bonds. The van der Waals surface area contributed by atoms with Gasteiger partial charge in [0.05, 0.1) is 19.3 Å². The van der Waals surface area contributed by atoms with E-state index in [-0.39, 0.29) is 23.8 Å². The van der Waals surface area contributed by atoms with E-state index in [9.17, 15) is 9.59 Å². The lowest BCUT2D eigenvalue weighted by atomic mass is 9.94. The number of hydrogen-bond donors (Lipinski definition) is 1. The van der Waals surface area contributed by atoms with Crippen molar-refractivity contribution < 1.29 is 14.3 Å². The Balaban J connectivity index is 1.33. The molecule has 0 bridgehead atoms. The highest BCUT2D eigenvalue weighted by Crippen LogP contribution is 2.25. The number of anilines is 1. The van der Waals surface area contributed by atoms with Crippen LogP contribution in [0, 0.1) is 5.92 Å². The van der Waals surface area contributed by atoms with Crippen LogP contribution in [-0.2, 0) is 14.3 Å². The van der Waals surface area contributed by atoms with Crippen LogP contribution in [0.5, 0.6) is 0 Å². The molecule has 2 saturated heterocycles. The highest BCUT2D eigenvalue weighted by Gasteiger charge is 2.32. The number of hydrogen-bond acceptors (Lipinski definition) is 4. The van der Waals surface area contributed by atoms with Gasteiger partial charge in [0.1, 0.15) is 0 Å². The minimum absolute atomic E-state index is 0.000640. The van der Waals surface area contributed by atoms with Crippen molar-refractivity contribution in [1.29, 1.82) is 0 Å². The largest absolute Gasteiger partial charge is 0.378 e. The maximum atomic E-state index is 12.9. The van der Waals surface area contributed by atoms with Gasteiger partial charge in [0, 0.05) is 30.1 Å². The number of nitrogens with zero attached hydrogens (tertiary/aromatic N) is 2. The number of carbonyl (C=O) groups is 2. The summed E-state index contributed by atoms with van der Waals surface area (Å²) < 4.78 is 5.34. The Morgan fingerprint density at radius 1 is 1.00 bits per heavy atom. The van der Waals surface area contributed by atoms with Crippen LogP contribution in [0.2, 0.25) is 0 Å². The summed E-state index contributed by atoms with van der Waals surface area (Å²) >= 11 is 0. The average Bonchev–Trinajstić information content (AvgIpc) is 2.79. The second-order valence-electron chi connectivity index (χ2n) is 7.94.